The maximum absolute atomic E-state index is 12.5. The molecule has 2 rings (SSSR count). The van der Waals surface area contributed by atoms with E-state index in [4.69, 9.17) is 4.74 Å². The second-order valence-electron chi connectivity index (χ2n) is 5.81. The zero-order valence-electron chi connectivity index (χ0n) is 14.0. The largest absolute Gasteiger partial charge is 0.496 e. The van der Waals surface area contributed by atoms with Crippen molar-refractivity contribution in [1.82, 2.24) is 9.80 Å². The summed E-state index contributed by atoms with van der Waals surface area (Å²) >= 11 is 1.68. The van der Waals surface area contributed by atoms with E-state index >= 15 is 0 Å². The van der Waals surface area contributed by atoms with Gasteiger partial charge in [0.1, 0.15) is 5.75 Å². The quantitative estimate of drug-likeness (QED) is 0.754. The number of amides is 1. The van der Waals surface area contributed by atoms with Gasteiger partial charge in [0.15, 0.2) is 0 Å². The van der Waals surface area contributed by atoms with Gasteiger partial charge in [-0.25, -0.2) is 0 Å². The number of hydrogen-bond acceptors (Lipinski definition) is 4. The molecule has 0 aromatic heterocycles. The Labute approximate surface area is 137 Å². The summed E-state index contributed by atoms with van der Waals surface area (Å²) in [5.41, 5.74) is 1.17. The normalized spacial score (nSPS) is 16.1. The number of hydrogen-bond donors (Lipinski definition) is 0. The fourth-order valence-corrected chi connectivity index (χ4v) is 3.34. The van der Waals surface area contributed by atoms with Crippen molar-refractivity contribution in [2.24, 2.45) is 0 Å². The number of thioether (sulfide) groups is 1. The van der Waals surface area contributed by atoms with Gasteiger partial charge >= 0.3 is 0 Å². The van der Waals surface area contributed by atoms with Gasteiger partial charge in [-0.3, -0.25) is 9.69 Å². The molecule has 0 radical (unpaired) electrons. The van der Waals surface area contributed by atoms with Crippen molar-refractivity contribution in [3.05, 3.63) is 23.8 Å². The molecule has 1 saturated heterocycles. The summed E-state index contributed by atoms with van der Waals surface area (Å²) in [7, 11) is 3.70. The van der Waals surface area contributed by atoms with Crippen molar-refractivity contribution < 1.29 is 9.53 Å². The van der Waals surface area contributed by atoms with Crippen molar-refractivity contribution in [3.63, 3.8) is 0 Å². The van der Waals surface area contributed by atoms with E-state index in [0.29, 0.717) is 0 Å². The van der Waals surface area contributed by atoms with Crippen LogP contribution in [0.3, 0.4) is 0 Å². The second kappa shape index (κ2) is 7.88. The number of ether oxygens (including phenoxy) is 1. The Bertz CT molecular complexity index is 515. The van der Waals surface area contributed by atoms with Crippen LogP contribution in [-0.2, 0) is 11.3 Å². The lowest BCUT2D eigenvalue weighted by Gasteiger charge is -2.28. The van der Waals surface area contributed by atoms with E-state index in [1.165, 1.54) is 5.56 Å². The van der Waals surface area contributed by atoms with E-state index in [0.717, 1.165) is 43.1 Å². The van der Waals surface area contributed by atoms with Crippen molar-refractivity contribution in [2.75, 3.05) is 33.5 Å². The minimum atomic E-state index is -0.0932. The summed E-state index contributed by atoms with van der Waals surface area (Å²) in [6, 6.07) is 6.16. The van der Waals surface area contributed by atoms with E-state index in [9.17, 15) is 4.79 Å². The summed E-state index contributed by atoms with van der Waals surface area (Å²) in [6.45, 7) is 4.56. The highest BCUT2D eigenvalue weighted by Crippen LogP contribution is 2.28. The Hall–Kier alpha value is -1.20. The predicted molar refractivity (Wildman–Crippen MR) is 91.5 cm³/mol. The Balaban J connectivity index is 2.01. The van der Waals surface area contributed by atoms with Gasteiger partial charge in [0, 0.05) is 24.5 Å². The first-order valence-corrected chi connectivity index (χ1v) is 8.99. The summed E-state index contributed by atoms with van der Waals surface area (Å²) in [6.07, 6.45) is 4.31. The first-order chi connectivity index (χ1) is 10.6. The molecule has 0 unspecified atom stereocenters. The van der Waals surface area contributed by atoms with E-state index < -0.39 is 0 Å². The molecule has 0 N–H and O–H groups in total. The van der Waals surface area contributed by atoms with Crippen LogP contribution in [0.25, 0.3) is 0 Å². The monoisotopic (exact) mass is 322 g/mol. The van der Waals surface area contributed by atoms with Gasteiger partial charge in [-0.2, -0.15) is 0 Å². The molecular formula is C17H26N2O2S. The Morgan fingerprint density at radius 2 is 2.09 bits per heavy atom. The van der Waals surface area contributed by atoms with Crippen molar-refractivity contribution >= 4 is 17.7 Å². The van der Waals surface area contributed by atoms with E-state index in [1.807, 2.05) is 25.1 Å². The molecule has 1 aromatic rings. The molecule has 0 aliphatic carbocycles. The minimum Gasteiger partial charge on any atom is -0.496 e. The Kier molecular flexibility index (Phi) is 6.15. The number of nitrogens with zero attached hydrogens (tertiary/aromatic N) is 2. The van der Waals surface area contributed by atoms with E-state index in [1.54, 1.807) is 18.9 Å². The molecule has 122 valence electrons. The molecule has 1 fully saturated rings. The van der Waals surface area contributed by atoms with E-state index in [2.05, 4.69) is 23.1 Å². The lowest BCUT2D eigenvalue weighted by molar-refractivity contribution is -0.135. The fourth-order valence-electron chi connectivity index (χ4n) is 2.79. The van der Waals surface area contributed by atoms with Crippen molar-refractivity contribution in [3.8, 4) is 5.75 Å². The third-order valence-electron chi connectivity index (χ3n) is 4.32. The summed E-state index contributed by atoms with van der Waals surface area (Å²) < 4.78 is 5.43. The molecular weight excluding hydrogens is 296 g/mol. The van der Waals surface area contributed by atoms with Gasteiger partial charge in [0.2, 0.25) is 5.91 Å². The van der Waals surface area contributed by atoms with Crippen LogP contribution < -0.4 is 4.74 Å². The average Bonchev–Trinajstić information content (AvgIpc) is 3.07. The number of rotatable bonds is 6. The standard InChI is InChI=1S/C17H26N2O2S/c1-13(17(20)19-9-5-6-10-19)18(2)12-14-7-8-16(22-4)15(11-14)21-3/h7-8,11,13H,5-6,9-10,12H2,1-4H3/t13-/m1/s1. The van der Waals surface area contributed by atoms with Gasteiger partial charge in [-0.05, 0) is 50.8 Å². The molecule has 0 bridgehead atoms. The summed E-state index contributed by atoms with van der Waals surface area (Å²) in [5, 5.41) is 0. The van der Waals surface area contributed by atoms with Gasteiger partial charge in [-0.15, -0.1) is 11.8 Å². The van der Waals surface area contributed by atoms with Crippen LogP contribution in [0, 0.1) is 0 Å². The van der Waals surface area contributed by atoms with Crippen molar-refractivity contribution in [2.45, 2.75) is 37.2 Å². The fraction of sp³-hybridized carbons (Fsp3) is 0.588. The Morgan fingerprint density at radius 3 is 2.68 bits per heavy atom. The molecule has 1 amide bonds. The lowest BCUT2D eigenvalue weighted by Crippen LogP contribution is -2.44. The lowest BCUT2D eigenvalue weighted by atomic mass is 10.1. The number of carbonyl (C=O) groups is 1. The minimum absolute atomic E-state index is 0.0932. The predicted octanol–water partition coefficient (Wildman–Crippen LogP) is 2.86. The highest BCUT2D eigenvalue weighted by molar-refractivity contribution is 7.98. The first kappa shape index (κ1) is 17.2. The molecule has 1 atom stereocenters. The number of methoxy groups -OCH3 is 1. The van der Waals surface area contributed by atoms with E-state index in [-0.39, 0.29) is 11.9 Å². The number of benzene rings is 1. The molecule has 0 saturated carbocycles. The maximum Gasteiger partial charge on any atom is 0.239 e. The molecule has 5 heteroatoms. The SMILES string of the molecule is COc1cc(CN(C)[C@H](C)C(=O)N2CCCC2)ccc1SC. The van der Waals surface area contributed by atoms with Crippen LogP contribution in [0.15, 0.2) is 23.1 Å². The van der Waals surface area contributed by atoms with Crippen LogP contribution in [0.2, 0.25) is 0 Å². The third-order valence-corrected chi connectivity index (χ3v) is 5.09. The van der Waals surface area contributed by atoms with Crippen molar-refractivity contribution in [1.29, 1.82) is 0 Å². The zero-order chi connectivity index (χ0) is 16.1. The highest BCUT2D eigenvalue weighted by atomic mass is 32.2. The summed E-state index contributed by atoms with van der Waals surface area (Å²) in [4.78, 5) is 17.7. The molecule has 1 aliphatic heterocycles. The van der Waals surface area contributed by atoms with Crippen LogP contribution in [0.5, 0.6) is 5.75 Å². The molecule has 4 nitrogen and oxygen atoms in total. The number of likely N-dealkylation sites (N-methyl/N-ethyl adjacent to an activating group) is 1. The first-order valence-electron chi connectivity index (χ1n) is 7.76. The highest BCUT2D eigenvalue weighted by Gasteiger charge is 2.25. The van der Waals surface area contributed by atoms with Gasteiger partial charge in [-0.1, -0.05) is 6.07 Å². The molecule has 0 spiro atoms. The van der Waals surface area contributed by atoms with Crippen LogP contribution in [0.1, 0.15) is 25.3 Å². The maximum atomic E-state index is 12.5. The van der Waals surface area contributed by atoms with Crippen LogP contribution in [0.4, 0.5) is 0 Å². The number of carbonyl (C=O) groups excluding carboxylic acids is 1. The van der Waals surface area contributed by atoms with Gasteiger partial charge < -0.3 is 9.64 Å². The topological polar surface area (TPSA) is 32.8 Å². The third kappa shape index (κ3) is 3.96. The van der Waals surface area contributed by atoms with Crippen LogP contribution >= 0.6 is 11.8 Å². The smallest absolute Gasteiger partial charge is 0.239 e. The molecule has 1 aliphatic rings. The molecule has 1 aromatic carbocycles. The van der Waals surface area contributed by atoms with Gasteiger partial charge in [0.05, 0.1) is 13.2 Å². The zero-order valence-corrected chi connectivity index (χ0v) is 14.8. The number of likely N-dealkylation sites (tertiary alicyclic amines) is 1. The summed E-state index contributed by atoms with van der Waals surface area (Å²) in [5.74, 6) is 1.14. The molecule has 22 heavy (non-hydrogen) atoms. The van der Waals surface area contributed by atoms with Gasteiger partial charge in [0.25, 0.3) is 0 Å². The second-order valence-corrected chi connectivity index (χ2v) is 6.66. The van der Waals surface area contributed by atoms with Crippen LogP contribution in [-0.4, -0.2) is 55.3 Å². The Morgan fingerprint density at radius 1 is 1.41 bits per heavy atom. The molecule has 1 heterocycles. The average molecular weight is 322 g/mol.